The van der Waals surface area contributed by atoms with Gasteiger partial charge in [-0.2, -0.15) is 0 Å². The number of carbonyl (C=O) groups is 2. The maximum atomic E-state index is 12.8. The number of hydrogen-bond donors (Lipinski definition) is 1. The molecule has 0 unspecified atom stereocenters. The van der Waals surface area contributed by atoms with E-state index in [9.17, 15) is 9.59 Å². The summed E-state index contributed by atoms with van der Waals surface area (Å²) in [6.45, 7) is 1.98. The Morgan fingerprint density at radius 3 is 2.93 bits per heavy atom. The Kier molecular flexibility index (Phi) is 4.70. The number of Topliss-reactive ketones (excluding diaryl/α,β-unsaturated/α-hetero) is 1. The van der Waals surface area contributed by atoms with Crippen LogP contribution in [-0.4, -0.2) is 25.1 Å². The number of hydrogen-bond acceptors (Lipinski definition) is 6. The summed E-state index contributed by atoms with van der Waals surface area (Å²) < 4.78 is 22.0. The van der Waals surface area contributed by atoms with Gasteiger partial charge in [-0.05, 0) is 37.3 Å². The standard InChI is InChI=1S/C20H16ClNO6/c1-10-15(26-8-17(22)23)3-2-14-18(24)16(28-19(10)14)6-11-4-13(21)5-12-7-25-9-27-20(11)12/h2-6H,7-9H2,1H3,(H2,22,23)/b16-6-. The van der Waals surface area contributed by atoms with Gasteiger partial charge in [0.1, 0.15) is 17.2 Å². The van der Waals surface area contributed by atoms with E-state index in [1.54, 1.807) is 37.3 Å². The molecule has 4 rings (SSSR count). The third-order valence-corrected chi connectivity index (χ3v) is 4.61. The van der Waals surface area contributed by atoms with Crippen molar-refractivity contribution in [1.82, 2.24) is 0 Å². The molecule has 2 aliphatic rings. The maximum Gasteiger partial charge on any atom is 0.255 e. The summed E-state index contributed by atoms with van der Waals surface area (Å²) in [6, 6.07) is 6.67. The number of ether oxygens (including phenoxy) is 4. The predicted octanol–water partition coefficient (Wildman–Crippen LogP) is 3.00. The van der Waals surface area contributed by atoms with E-state index in [0.29, 0.717) is 45.6 Å². The van der Waals surface area contributed by atoms with Crippen molar-refractivity contribution in [3.63, 3.8) is 0 Å². The molecule has 0 saturated carbocycles. The number of fused-ring (bicyclic) bond motifs is 2. The van der Waals surface area contributed by atoms with Gasteiger partial charge in [0.25, 0.3) is 5.91 Å². The van der Waals surface area contributed by atoms with Crippen LogP contribution in [0.25, 0.3) is 6.08 Å². The van der Waals surface area contributed by atoms with Crippen LogP contribution in [0, 0.1) is 6.92 Å². The monoisotopic (exact) mass is 401 g/mol. The van der Waals surface area contributed by atoms with Crippen LogP contribution in [0.5, 0.6) is 17.2 Å². The molecule has 0 radical (unpaired) electrons. The lowest BCUT2D eigenvalue weighted by molar-refractivity contribution is -0.119. The number of carbonyl (C=O) groups excluding carboxylic acids is 2. The molecule has 0 atom stereocenters. The van der Waals surface area contributed by atoms with Crippen molar-refractivity contribution < 1.29 is 28.5 Å². The van der Waals surface area contributed by atoms with Crippen LogP contribution in [0.3, 0.4) is 0 Å². The van der Waals surface area contributed by atoms with E-state index < -0.39 is 5.91 Å². The zero-order chi connectivity index (χ0) is 19.8. The van der Waals surface area contributed by atoms with E-state index in [4.69, 9.17) is 36.3 Å². The summed E-state index contributed by atoms with van der Waals surface area (Å²) in [5, 5.41) is 0.501. The lowest BCUT2D eigenvalue weighted by atomic mass is 10.0. The van der Waals surface area contributed by atoms with Crippen LogP contribution in [-0.2, 0) is 16.1 Å². The Labute approximate surface area is 165 Å². The highest BCUT2D eigenvalue weighted by atomic mass is 35.5. The molecule has 2 N–H and O–H groups in total. The first-order valence-electron chi connectivity index (χ1n) is 8.46. The third-order valence-electron chi connectivity index (χ3n) is 4.40. The van der Waals surface area contributed by atoms with Crippen molar-refractivity contribution >= 4 is 29.4 Å². The summed E-state index contributed by atoms with van der Waals surface area (Å²) in [4.78, 5) is 23.7. The second-order valence-electron chi connectivity index (χ2n) is 6.35. The minimum absolute atomic E-state index is 0.125. The molecule has 28 heavy (non-hydrogen) atoms. The number of nitrogens with two attached hydrogens (primary N) is 1. The molecule has 2 aromatic carbocycles. The fraction of sp³-hybridized carbons (Fsp3) is 0.200. The molecule has 0 fully saturated rings. The van der Waals surface area contributed by atoms with Crippen molar-refractivity contribution in [1.29, 1.82) is 0 Å². The Bertz CT molecular complexity index is 1030. The van der Waals surface area contributed by atoms with Gasteiger partial charge < -0.3 is 24.7 Å². The Hall–Kier alpha value is -3.03. The van der Waals surface area contributed by atoms with Gasteiger partial charge in [0.15, 0.2) is 19.2 Å². The quantitative estimate of drug-likeness (QED) is 0.791. The topological polar surface area (TPSA) is 97.1 Å². The number of ketones is 1. The van der Waals surface area contributed by atoms with Crippen LogP contribution < -0.4 is 19.9 Å². The molecule has 144 valence electrons. The molecule has 0 aliphatic carbocycles. The number of benzene rings is 2. The van der Waals surface area contributed by atoms with E-state index in [2.05, 4.69) is 0 Å². The summed E-state index contributed by atoms with van der Waals surface area (Å²) >= 11 is 6.18. The second-order valence-corrected chi connectivity index (χ2v) is 6.79. The van der Waals surface area contributed by atoms with Gasteiger partial charge in [-0.1, -0.05) is 11.6 Å². The fourth-order valence-electron chi connectivity index (χ4n) is 3.13. The molecule has 7 nitrogen and oxygen atoms in total. The Morgan fingerprint density at radius 1 is 1.32 bits per heavy atom. The minimum atomic E-state index is -0.591. The lowest BCUT2D eigenvalue weighted by Gasteiger charge is -2.20. The Balaban J connectivity index is 1.69. The number of amides is 1. The molecular formula is C20H16ClNO6. The summed E-state index contributed by atoms with van der Waals surface area (Å²) in [5.74, 6) is 0.709. The fourth-order valence-corrected chi connectivity index (χ4v) is 3.38. The summed E-state index contributed by atoms with van der Waals surface area (Å²) in [5.41, 5.74) is 7.56. The van der Waals surface area contributed by atoms with Gasteiger partial charge in [0, 0.05) is 21.7 Å². The SMILES string of the molecule is Cc1c(OCC(N)=O)ccc2c1O/C(=C\c1cc(Cl)cc3c1OCOC3)C2=O. The molecule has 0 aromatic heterocycles. The predicted molar refractivity (Wildman–Crippen MR) is 101 cm³/mol. The number of primary amides is 1. The smallest absolute Gasteiger partial charge is 0.255 e. The number of halogens is 1. The minimum Gasteiger partial charge on any atom is -0.483 e. The van der Waals surface area contributed by atoms with Crippen LogP contribution in [0.2, 0.25) is 5.02 Å². The average Bonchev–Trinajstić information content (AvgIpc) is 2.98. The van der Waals surface area contributed by atoms with Crippen LogP contribution >= 0.6 is 11.6 Å². The highest BCUT2D eigenvalue weighted by molar-refractivity contribution is 6.31. The van der Waals surface area contributed by atoms with Gasteiger partial charge in [0.05, 0.1) is 12.2 Å². The molecular weight excluding hydrogens is 386 g/mol. The van der Waals surface area contributed by atoms with Gasteiger partial charge in [-0.3, -0.25) is 9.59 Å². The average molecular weight is 402 g/mol. The summed E-state index contributed by atoms with van der Waals surface area (Å²) in [6.07, 6.45) is 1.60. The summed E-state index contributed by atoms with van der Waals surface area (Å²) in [7, 11) is 0. The van der Waals surface area contributed by atoms with E-state index in [1.165, 1.54) is 0 Å². The third kappa shape index (κ3) is 3.30. The molecule has 0 spiro atoms. The van der Waals surface area contributed by atoms with E-state index in [1.807, 2.05) is 0 Å². The molecule has 2 aromatic rings. The van der Waals surface area contributed by atoms with Crippen molar-refractivity contribution in [2.45, 2.75) is 13.5 Å². The van der Waals surface area contributed by atoms with Crippen LogP contribution in [0.4, 0.5) is 0 Å². The first-order chi connectivity index (χ1) is 13.4. The van der Waals surface area contributed by atoms with Crippen molar-refractivity contribution in [3.8, 4) is 17.2 Å². The van der Waals surface area contributed by atoms with Gasteiger partial charge >= 0.3 is 0 Å². The molecule has 0 bridgehead atoms. The molecule has 2 aliphatic heterocycles. The zero-order valence-corrected chi connectivity index (χ0v) is 15.7. The first-order valence-corrected chi connectivity index (χ1v) is 8.83. The van der Waals surface area contributed by atoms with Crippen LogP contribution in [0.1, 0.15) is 27.0 Å². The van der Waals surface area contributed by atoms with E-state index >= 15 is 0 Å². The normalized spacial score (nSPS) is 16.2. The number of rotatable bonds is 4. The Morgan fingerprint density at radius 2 is 2.14 bits per heavy atom. The largest absolute Gasteiger partial charge is 0.483 e. The lowest BCUT2D eigenvalue weighted by Crippen LogP contribution is -2.20. The number of allylic oxidation sites excluding steroid dienone is 1. The molecule has 1 amide bonds. The van der Waals surface area contributed by atoms with Crippen LogP contribution in [0.15, 0.2) is 30.0 Å². The second kappa shape index (κ2) is 7.18. The molecule has 2 heterocycles. The van der Waals surface area contributed by atoms with Crippen molar-refractivity contribution in [2.75, 3.05) is 13.4 Å². The van der Waals surface area contributed by atoms with Gasteiger partial charge in [-0.15, -0.1) is 0 Å². The molecule has 8 heteroatoms. The molecule has 0 saturated heterocycles. The maximum absolute atomic E-state index is 12.8. The zero-order valence-electron chi connectivity index (χ0n) is 14.9. The van der Waals surface area contributed by atoms with Gasteiger partial charge in [-0.25, -0.2) is 0 Å². The van der Waals surface area contributed by atoms with Crippen molar-refractivity contribution in [2.24, 2.45) is 5.73 Å². The highest BCUT2D eigenvalue weighted by Gasteiger charge is 2.31. The van der Waals surface area contributed by atoms with Gasteiger partial charge in [0.2, 0.25) is 5.78 Å². The van der Waals surface area contributed by atoms with Crippen molar-refractivity contribution in [3.05, 3.63) is 57.3 Å². The highest BCUT2D eigenvalue weighted by Crippen LogP contribution is 2.40. The van der Waals surface area contributed by atoms with E-state index in [-0.39, 0.29) is 24.9 Å². The first kappa shape index (κ1) is 18.3. The van der Waals surface area contributed by atoms with E-state index in [0.717, 1.165) is 5.56 Å².